The highest BCUT2D eigenvalue weighted by molar-refractivity contribution is 6.24. The number of fused-ring (bicyclic) bond motifs is 10. The van der Waals surface area contributed by atoms with Crippen LogP contribution in [0.25, 0.3) is 93.6 Å². The molecule has 0 saturated carbocycles. The van der Waals surface area contributed by atoms with Gasteiger partial charge in [-0.25, -0.2) is 0 Å². The molecule has 0 amide bonds. The van der Waals surface area contributed by atoms with Crippen molar-refractivity contribution in [2.75, 3.05) is 0 Å². The van der Waals surface area contributed by atoms with Crippen LogP contribution in [0, 0.1) is 0 Å². The van der Waals surface area contributed by atoms with Gasteiger partial charge in [0.15, 0.2) is 0 Å². The van der Waals surface area contributed by atoms with E-state index in [0.717, 1.165) is 33.5 Å². The minimum absolute atomic E-state index is 1.12. The molecular weight excluding hydrogens is 621 g/mol. The van der Waals surface area contributed by atoms with Crippen molar-refractivity contribution in [1.29, 1.82) is 0 Å². The van der Waals surface area contributed by atoms with Crippen molar-refractivity contribution >= 4 is 65.4 Å². The Balaban J connectivity index is 1.27. The number of nitrogens with zero attached hydrogens (tertiary/aromatic N) is 4. The number of para-hydroxylation sites is 3. The van der Waals surface area contributed by atoms with Gasteiger partial charge in [-0.05, 0) is 71.8 Å². The van der Waals surface area contributed by atoms with E-state index in [4.69, 9.17) is 0 Å². The molecule has 0 bridgehead atoms. The largest absolute Gasteiger partial charge is 0.309 e. The number of benzene rings is 7. The standard InChI is InChI=1S/C47H30N4/c1-3-12-31(13-4-1)32-14-11-17-34(28-32)50-42-20-9-7-18-36(42)38-23-24-39-37-19-8-10-21-43(37)51(47(39)46(38)50)35-22-25-44-40(29-35)41-30-48-27-26-45(41)49(44)33-15-5-2-6-16-33/h1-30H. The van der Waals surface area contributed by atoms with Crippen LogP contribution in [0.5, 0.6) is 0 Å². The molecule has 11 rings (SSSR count). The van der Waals surface area contributed by atoms with Gasteiger partial charge in [0.05, 0.1) is 33.1 Å². The SMILES string of the molecule is c1ccc(-c2cccc(-n3c4ccccc4c4ccc5c6ccccc6n(-c6ccc7c(c6)c6cnccc6n7-c6ccccc6)c5c43)c2)cc1. The summed E-state index contributed by atoms with van der Waals surface area (Å²) >= 11 is 0. The van der Waals surface area contributed by atoms with Gasteiger partial charge < -0.3 is 13.7 Å². The van der Waals surface area contributed by atoms with Gasteiger partial charge in [0, 0.05) is 61.8 Å². The molecule has 7 aromatic carbocycles. The van der Waals surface area contributed by atoms with Gasteiger partial charge in [-0.1, -0.05) is 109 Å². The summed E-state index contributed by atoms with van der Waals surface area (Å²) in [6, 6.07) is 61.5. The highest BCUT2D eigenvalue weighted by Crippen LogP contribution is 2.43. The van der Waals surface area contributed by atoms with E-state index in [0.29, 0.717) is 0 Å². The second-order valence-corrected chi connectivity index (χ2v) is 13.2. The molecule has 0 aliphatic carbocycles. The third kappa shape index (κ3) is 4.05. The number of hydrogen-bond donors (Lipinski definition) is 0. The maximum absolute atomic E-state index is 4.58. The first-order valence-corrected chi connectivity index (χ1v) is 17.4. The lowest BCUT2D eigenvalue weighted by Crippen LogP contribution is -1.99. The van der Waals surface area contributed by atoms with Gasteiger partial charge in [0.25, 0.3) is 0 Å². The summed E-state index contributed by atoms with van der Waals surface area (Å²) < 4.78 is 7.29. The summed E-state index contributed by atoms with van der Waals surface area (Å²) in [7, 11) is 0. The van der Waals surface area contributed by atoms with Crippen molar-refractivity contribution in [3.05, 3.63) is 182 Å². The molecule has 238 valence electrons. The number of rotatable bonds is 4. The fourth-order valence-electron chi connectivity index (χ4n) is 8.34. The van der Waals surface area contributed by atoms with Crippen LogP contribution in [-0.2, 0) is 0 Å². The smallest absolute Gasteiger partial charge is 0.0788 e. The molecule has 0 fully saturated rings. The Bertz CT molecular complexity index is 3130. The summed E-state index contributed by atoms with van der Waals surface area (Å²) in [4.78, 5) is 4.58. The third-order valence-corrected chi connectivity index (χ3v) is 10.5. The zero-order valence-corrected chi connectivity index (χ0v) is 27.6. The molecule has 0 radical (unpaired) electrons. The molecule has 4 nitrogen and oxygen atoms in total. The van der Waals surface area contributed by atoms with Gasteiger partial charge in [-0.2, -0.15) is 0 Å². The first-order valence-electron chi connectivity index (χ1n) is 17.4. The van der Waals surface area contributed by atoms with Crippen molar-refractivity contribution in [3.63, 3.8) is 0 Å². The fraction of sp³-hybridized carbons (Fsp3) is 0. The zero-order valence-electron chi connectivity index (χ0n) is 27.6. The Morgan fingerprint density at radius 1 is 0.314 bits per heavy atom. The minimum Gasteiger partial charge on any atom is -0.309 e. The van der Waals surface area contributed by atoms with Crippen LogP contribution in [0.2, 0.25) is 0 Å². The Labute approximate surface area is 293 Å². The summed E-state index contributed by atoms with van der Waals surface area (Å²) in [5, 5.41) is 7.25. The van der Waals surface area contributed by atoms with Crippen molar-refractivity contribution in [2.24, 2.45) is 0 Å². The van der Waals surface area contributed by atoms with E-state index in [1.165, 1.54) is 60.1 Å². The lowest BCUT2D eigenvalue weighted by molar-refractivity contribution is 1.15. The van der Waals surface area contributed by atoms with Crippen LogP contribution in [-0.4, -0.2) is 18.7 Å². The van der Waals surface area contributed by atoms with Crippen LogP contribution in [0.15, 0.2) is 182 Å². The van der Waals surface area contributed by atoms with Gasteiger partial charge in [0.1, 0.15) is 0 Å². The molecule has 4 heteroatoms. The van der Waals surface area contributed by atoms with Gasteiger partial charge in [-0.3, -0.25) is 4.98 Å². The number of hydrogen-bond acceptors (Lipinski definition) is 1. The molecule has 0 N–H and O–H groups in total. The van der Waals surface area contributed by atoms with E-state index in [9.17, 15) is 0 Å². The van der Waals surface area contributed by atoms with Crippen molar-refractivity contribution < 1.29 is 0 Å². The highest BCUT2D eigenvalue weighted by atomic mass is 15.0. The Hall–Kier alpha value is -6.91. The molecule has 0 spiro atoms. The van der Waals surface area contributed by atoms with Crippen molar-refractivity contribution in [1.82, 2.24) is 18.7 Å². The van der Waals surface area contributed by atoms with E-state index >= 15 is 0 Å². The fourth-order valence-corrected chi connectivity index (χ4v) is 8.34. The minimum atomic E-state index is 1.12. The third-order valence-electron chi connectivity index (χ3n) is 10.5. The second-order valence-electron chi connectivity index (χ2n) is 13.2. The van der Waals surface area contributed by atoms with E-state index in [1.54, 1.807) is 0 Å². The normalized spacial score (nSPS) is 11.9. The van der Waals surface area contributed by atoms with E-state index in [-0.39, 0.29) is 0 Å². The molecule has 11 aromatic rings. The molecule has 0 saturated heterocycles. The quantitative estimate of drug-likeness (QED) is 0.186. The van der Waals surface area contributed by atoms with Crippen molar-refractivity contribution in [2.45, 2.75) is 0 Å². The lowest BCUT2D eigenvalue weighted by atomic mass is 10.1. The summed E-state index contributed by atoms with van der Waals surface area (Å²) in [6.07, 6.45) is 3.89. The highest BCUT2D eigenvalue weighted by Gasteiger charge is 2.22. The topological polar surface area (TPSA) is 27.7 Å². The average Bonchev–Trinajstić information content (AvgIpc) is 3.84. The first kappa shape index (κ1) is 28.0. The molecule has 0 unspecified atom stereocenters. The van der Waals surface area contributed by atoms with E-state index in [2.05, 4.69) is 189 Å². The van der Waals surface area contributed by atoms with E-state index < -0.39 is 0 Å². The molecule has 4 aromatic heterocycles. The van der Waals surface area contributed by atoms with Crippen LogP contribution < -0.4 is 0 Å². The monoisotopic (exact) mass is 650 g/mol. The zero-order chi connectivity index (χ0) is 33.5. The van der Waals surface area contributed by atoms with Crippen LogP contribution in [0.4, 0.5) is 0 Å². The summed E-state index contributed by atoms with van der Waals surface area (Å²) in [5.41, 5.74) is 12.9. The predicted molar refractivity (Wildman–Crippen MR) is 213 cm³/mol. The van der Waals surface area contributed by atoms with Crippen LogP contribution >= 0.6 is 0 Å². The van der Waals surface area contributed by atoms with Gasteiger partial charge >= 0.3 is 0 Å². The Morgan fingerprint density at radius 2 is 0.863 bits per heavy atom. The summed E-state index contributed by atoms with van der Waals surface area (Å²) in [5.74, 6) is 0. The number of pyridine rings is 1. The van der Waals surface area contributed by atoms with E-state index in [1.807, 2.05) is 12.4 Å². The Morgan fingerprint density at radius 3 is 1.57 bits per heavy atom. The lowest BCUT2D eigenvalue weighted by Gasteiger charge is -2.14. The molecule has 4 heterocycles. The maximum Gasteiger partial charge on any atom is 0.0788 e. The summed E-state index contributed by atoms with van der Waals surface area (Å²) in [6.45, 7) is 0. The number of aromatic nitrogens is 4. The van der Waals surface area contributed by atoms with Gasteiger partial charge in [-0.15, -0.1) is 0 Å². The van der Waals surface area contributed by atoms with Gasteiger partial charge in [0.2, 0.25) is 0 Å². The Kier molecular flexibility index (Phi) is 5.92. The second kappa shape index (κ2) is 10.8. The molecule has 0 atom stereocenters. The molecule has 0 aliphatic rings. The average molecular weight is 651 g/mol. The maximum atomic E-state index is 4.58. The molecule has 0 aliphatic heterocycles. The first-order chi connectivity index (χ1) is 25.3. The van der Waals surface area contributed by atoms with Crippen LogP contribution in [0.1, 0.15) is 0 Å². The molecule has 51 heavy (non-hydrogen) atoms. The van der Waals surface area contributed by atoms with Crippen molar-refractivity contribution in [3.8, 4) is 28.2 Å². The molecular formula is C47H30N4. The van der Waals surface area contributed by atoms with Crippen LogP contribution in [0.3, 0.4) is 0 Å². The predicted octanol–water partition coefficient (Wildman–Crippen LogP) is 12.0.